The van der Waals surface area contributed by atoms with Gasteiger partial charge in [-0.05, 0) is 18.2 Å². The number of ether oxygens (including phenoxy) is 1. The van der Waals surface area contributed by atoms with E-state index < -0.39 is 17.7 Å². The molecule has 0 atom stereocenters. The normalized spacial score (nSPS) is 17.9. The van der Waals surface area contributed by atoms with Gasteiger partial charge < -0.3 is 10.1 Å². The molecule has 1 aromatic rings. The molecule has 1 heterocycles. The molecule has 1 saturated heterocycles. The molecule has 0 spiro atoms. The van der Waals surface area contributed by atoms with Crippen molar-refractivity contribution in [3.05, 3.63) is 28.2 Å². The fourth-order valence-electron chi connectivity index (χ4n) is 2.24. The lowest BCUT2D eigenvalue weighted by atomic mass is 9.93. The summed E-state index contributed by atoms with van der Waals surface area (Å²) in [5.74, 6) is -0.454. The maximum atomic E-state index is 12.8. The molecular formula is C13H13Cl2F3N2O2. The van der Waals surface area contributed by atoms with Crippen molar-refractivity contribution in [1.29, 1.82) is 0 Å². The zero-order valence-corrected chi connectivity index (χ0v) is 13.0. The number of benzene rings is 1. The predicted octanol–water partition coefficient (Wildman–Crippen LogP) is 3.20. The molecule has 1 fully saturated rings. The van der Waals surface area contributed by atoms with Crippen LogP contribution in [0.25, 0.3) is 0 Å². The largest absolute Gasteiger partial charge is 0.419 e. The van der Waals surface area contributed by atoms with Crippen molar-refractivity contribution in [1.82, 2.24) is 4.90 Å². The fraction of sp³-hybridized carbons (Fsp3) is 0.462. The monoisotopic (exact) mass is 356 g/mol. The third kappa shape index (κ3) is 3.65. The van der Waals surface area contributed by atoms with Crippen molar-refractivity contribution in [3.8, 4) is 0 Å². The average molecular weight is 357 g/mol. The molecule has 1 aliphatic rings. The molecule has 22 heavy (non-hydrogen) atoms. The molecule has 2 rings (SSSR count). The lowest BCUT2D eigenvalue weighted by Crippen LogP contribution is -2.70. The van der Waals surface area contributed by atoms with Gasteiger partial charge >= 0.3 is 6.18 Å². The Balaban J connectivity index is 1.90. The SMILES string of the molecule is COC1(C(F)(F)F)CN(CC(=O)Nc2cc(Cl)cc(Cl)c2)C1. The van der Waals surface area contributed by atoms with Gasteiger partial charge in [0.15, 0.2) is 5.60 Å². The molecule has 0 saturated carbocycles. The van der Waals surface area contributed by atoms with E-state index in [2.05, 4.69) is 10.1 Å². The van der Waals surface area contributed by atoms with E-state index in [1.54, 1.807) is 0 Å². The summed E-state index contributed by atoms with van der Waals surface area (Å²) < 4.78 is 43.0. The van der Waals surface area contributed by atoms with Gasteiger partial charge in [0.05, 0.1) is 6.54 Å². The summed E-state index contributed by atoms with van der Waals surface area (Å²) in [5, 5.41) is 3.23. The van der Waals surface area contributed by atoms with E-state index in [0.29, 0.717) is 15.7 Å². The van der Waals surface area contributed by atoms with Gasteiger partial charge in [-0.2, -0.15) is 13.2 Å². The number of likely N-dealkylation sites (tertiary alicyclic amines) is 1. The summed E-state index contributed by atoms with van der Waals surface area (Å²) in [6.45, 7) is -0.932. The minimum absolute atomic E-state index is 0.175. The van der Waals surface area contributed by atoms with Crippen LogP contribution in [0.2, 0.25) is 10.0 Å². The molecule has 1 N–H and O–H groups in total. The van der Waals surface area contributed by atoms with Crippen LogP contribution in [0.4, 0.5) is 18.9 Å². The van der Waals surface area contributed by atoms with Crippen molar-refractivity contribution in [2.24, 2.45) is 0 Å². The molecular weight excluding hydrogens is 344 g/mol. The van der Waals surface area contributed by atoms with Gasteiger partial charge in [-0.3, -0.25) is 9.69 Å². The van der Waals surface area contributed by atoms with Crippen molar-refractivity contribution >= 4 is 34.8 Å². The number of carbonyl (C=O) groups excluding carboxylic acids is 1. The van der Waals surface area contributed by atoms with Crippen LogP contribution in [0.1, 0.15) is 0 Å². The lowest BCUT2D eigenvalue weighted by Gasteiger charge is -2.49. The molecule has 1 amide bonds. The highest BCUT2D eigenvalue weighted by Gasteiger charge is 2.62. The molecule has 0 aromatic heterocycles. The van der Waals surface area contributed by atoms with E-state index >= 15 is 0 Å². The zero-order valence-electron chi connectivity index (χ0n) is 11.5. The maximum Gasteiger partial charge on any atom is 0.419 e. The Hall–Kier alpha value is -1.02. The van der Waals surface area contributed by atoms with Crippen molar-refractivity contribution < 1.29 is 22.7 Å². The Kier molecular flexibility index (Phi) is 4.91. The Morgan fingerprint density at radius 3 is 2.32 bits per heavy atom. The first-order valence-electron chi connectivity index (χ1n) is 6.25. The van der Waals surface area contributed by atoms with Gasteiger partial charge in [-0.1, -0.05) is 23.2 Å². The number of nitrogens with zero attached hydrogens (tertiary/aromatic N) is 1. The van der Waals surface area contributed by atoms with Crippen LogP contribution in [-0.4, -0.2) is 49.3 Å². The summed E-state index contributed by atoms with van der Waals surface area (Å²) in [6.07, 6.45) is -4.46. The van der Waals surface area contributed by atoms with Crippen LogP contribution in [0.3, 0.4) is 0 Å². The number of carbonyl (C=O) groups is 1. The number of amides is 1. The second-order valence-corrected chi connectivity index (χ2v) is 5.92. The van der Waals surface area contributed by atoms with Crippen LogP contribution in [0.15, 0.2) is 18.2 Å². The minimum Gasteiger partial charge on any atom is -0.366 e. The number of halogens is 5. The highest BCUT2D eigenvalue weighted by atomic mass is 35.5. The molecule has 1 aliphatic heterocycles. The summed E-state index contributed by atoms with van der Waals surface area (Å²) in [7, 11) is 1.01. The van der Waals surface area contributed by atoms with Gasteiger partial charge in [0, 0.05) is 35.9 Å². The highest BCUT2D eigenvalue weighted by Crippen LogP contribution is 2.40. The van der Waals surface area contributed by atoms with E-state index in [1.807, 2.05) is 0 Å². The number of nitrogens with one attached hydrogen (secondary N) is 1. The van der Waals surface area contributed by atoms with E-state index in [0.717, 1.165) is 7.11 Å². The van der Waals surface area contributed by atoms with E-state index in [-0.39, 0.29) is 19.6 Å². The van der Waals surface area contributed by atoms with Crippen LogP contribution in [0, 0.1) is 0 Å². The Labute approximate surface area is 135 Å². The predicted molar refractivity (Wildman–Crippen MR) is 77.3 cm³/mol. The molecule has 0 bridgehead atoms. The van der Waals surface area contributed by atoms with Crippen LogP contribution < -0.4 is 5.32 Å². The van der Waals surface area contributed by atoms with Gasteiger partial charge in [0.1, 0.15) is 0 Å². The smallest absolute Gasteiger partial charge is 0.366 e. The number of hydrogen-bond donors (Lipinski definition) is 1. The molecule has 0 aliphatic carbocycles. The molecule has 122 valence electrons. The Morgan fingerprint density at radius 1 is 1.32 bits per heavy atom. The van der Waals surface area contributed by atoms with E-state index in [1.165, 1.54) is 23.1 Å². The van der Waals surface area contributed by atoms with Crippen molar-refractivity contribution in [2.45, 2.75) is 11.8 Å². The van der Waals surface area contributed by atoms with Crippen molar-refractivity contribution in [3.63, 3.8) is 0 Å². The zero-order chi connectivity index (χ0) is 16.5. The quantitative estimate of drug-likeness (QED) is 0.900. The van der Waals surface area contributed by atoms with Crippen molar-refractivity contribution in [2.75, 3.05) is 32.1 Å². The van der Waals surface area contributed by atoms with Crippen LogP contribution in [-0.2, 0) is 9.53 Å². The first kappa shape index (κ1) is 17.3. The van der Waals surface area contributed by atoms with Crippen LogP contribution >= 0.6 is 23.2 Å². The van der Waals surface area contributed by atoms with Gasteiger partial charge in [-0.25, -0.2) is 0 Å². The third-order valence-electron chi connectivity index (χ3n) is 3.38. The standard InChI is InChI=1S/C13H13Cl2F3N2O2/c1-22-12(13(16,17)18)6-20(7-12)5-11(21)19-10-3-8(14)2-9(15)4-10/h2-4H,5-7H2,1H3,(H,19,21). The average Bonchev–Trinajstić information content (AvgIpc) is 2.29. The topological polar surface area (TPSA) is 41.6 Å². The summed E-state index contributed by atoms with van der Waals surface area (Å²) in [4.78, 5) is 13.2. The number of anilines is 1. The first-order valence-corrected chi connectivity index (χ1v) is 7.01. The maximum absolute atomic E-state index is 12.8. The number of methoxy groups -OCH3 is 1. The minimum atomic E-state index is -4.46. The van der Waals surface area contributed by atoms with E-state index in [9.17, 15) is 18.0 Å². The Bertz CT molecular complexity index is 555. The third-order valence-corrected chi connectivity index (χ3v) is 3.82. The fourth-order valence-corrected chi connectivity index (χ4v) is 2.77. The Morgan fingerprint density at radius 2 is 1.86 bits per heavy atom. The summed E-state index contributed by atoms with van der Waals surface area (Å²) >= 11 is 11.6. The molecule has 1 aromatic carbocycles. The van der Waals surface area contributed by atoms with Gasteiger partial charge in [-0.15, -0.1) is 0 Å². The second kappa shape index (κ2) is 6.23. The summed E-state index contributed by atoms with van der Waals surface area (Å²) in [5.41, 5.74) is -1.80. The molecule has 4 nitrogen and oxygen atoms in total. The molecule has 0 unspecified atom stereocenters. The van der Waals surface area contributed by atoms with Gasteiger partial charge in [0.25, 0.3) is 0 Å². The van der Waals surface area contributed by atoms with Crippen LogP contribution in [0.5, 0.6) is 0 Å². The summed E-state index contributed by atoms with van der Waals surface area (Å²) in [6, 6.07) is 4.50. The number of hydrogen-bond acceptors (Lipinski definition) is 3. The lowest BCUT2D eigenvalue weighted by molar-refractivity contribution is -0.309. The molecule has 9 heteroatoms. The van der Waals surface area contributed by atoms with Gasteiger partial charge in [0.2, 0.25) is 5.91 Å². The highest BCUT2D eigenvalue weighted by molar-refractivity contribution is 6.35. The first-order chi connectivity index (χ1) is 10.1. The molecule has 0 radical (unpaired) electrons. The number of rotatable bonds is 4. The second-order valence-electron chi connectivity index (χ2n) is 5.05. The van der Waals surface area contributed by atoms with E-state index in [4.69, 9.17) is 23.2 Å². The number of alkyl halides is 3.